The van der Waals surface area contributed by atoms with Crippen LogP contribution < -0.4 is 15.9 Å². The molecule has 0 amide bonds. The van der Waals surface area contributed by atoms with Gasteiger partial charge in [-0.1, -0.05) is 133 Å². The molecular weight excluding hydrogens is 615 g/mol. The Bertz CT molecular complexity index is 2780. The maximum atomic E-state index is 15.6. The van der Waals surface area contributed by atoms with Crippen molar-refractivity contribution in [2.75, 3.05) is 0 Å². The topological polar surface area (TPSA) is 34.9 Å². The van der Waals surface area contributed by atoms with Crippen LogP contribution in [0.2, 0.25) is 0 Å². The summed E-state index contributed by atoms with van der Waals surface area (Å²) < 4.78 is 17.9. The van der Waals surface area contributed by atoms with E-state index in [1.165, 1.54) is 5.56 Å². The highest BCUT2D eigenvalue weighted by atomic mass is 31.2. The summed E-state index contributed by atoms with van der Waals surface area (Å²) in [5, 5.41) is 6.07. The standard InChI is InChI=1S/C45H29N2OP/c48-49(36-10-2-1-3-11-36)43-15-7-5-12-37(43)38-26-27-42-44(45(38)49)39-13-4-6-14-41(39)47(42)35-24-22-31(23-25-35)30-16-18-32(19-17-30)34-21-20-33-9-8-28-46-40(33)29-34/h1-29H. The molecule has 3 heterocycles. The number of hydrogen-bond acceptors (Lipinski definition) is 2. The molecule has 3 nitrogen and oxygen atoms in total. The van der Waals surface area contributed by atoms with Crippen molar-refractivity contribution in [1.29, 1.82) is 0 Å². The molecule has 0 saturated carbocycles. The maximum absolute atomic E-state index is 15.6. The van der Waals surface area contributed by atoms with Crippen LogP contribution in [0.3, 0.4) is 0 Å². The van der Waals surface area contributed by atoms with Gasteiger partial charge in [-0.2, -0.15) is 0 Å². The zero-order valence-corrected chi connectivity index (χ0v) is 27.4. The third-order valence-corrected chi connectivity index (χ3v) is 13.3. The Hall–Kier alpha value is -6.02. The second-order valence-corrected chi connectivity index (χ2v) is 15.4. The number of para-hydroxylation sites is 1. The molecule has 0 bridgehead atoms. The molecule has 2 aromatic heterocycles. The lowest BCUT2D eigenvalue weighted by Gasteiger charge is -2.17. The Morgan fingerprint density at radius 1 is 0.510 bits per heavy atom. The van der Waals surface area contributed by atoms with Gasteiger partial charge in [0.2, 0.25) is 0 Å². The van der Waals surface area contributed by atoms with E-state index in [0.717, 1.165) is 82.1 Å². The first-order valence-corrected chi connectivity index (χ1v) is 18.3. The van der Waals surface area contributed by atoms with Gasteiger partial charge in [-0.3, -0.25) is 4.98 Å². The molecule has 1 unspecified atom stereocenters. The van der Waals surface area contributed by atoms with Gasteiger partial charge in [-0.15, -0.1) is 0 Å². The molecule has 1 aliphatic heterocycles. The van der Waals surface area contributed by atoms with Crippen LogP contribution in [0.15, 0.2) is 176 Å². The zero-order chi connectivity index (χ0) is 32.5. The van der Waals surface area contributed by atoms with Gasteiger partial charge < -0.3 is 9.13 Å². The first-order valence-electron chi connectivity index (χ1n) is 16.6. The lowest BCUT2D eigenvalue weighted by Crippen LogP contribution is -2.21. The third-order valence-electron chi connectivity index (χ3n) is 10.1. The van der Waals surface area contributed by atoms with Crippen molar-refractivity contribution in [2.45, 2.75) is 0 Å². The Kier molecular flexibility index (Phi) is 6.15. The molecule has 10 rings (SSSR count). The van der Waals surface area contributed by atoms with Crippen LogP contribution in [0.1, 0.15) is 0 Å². The Balaban J connectivity index is 1.09. The molecular formula is C45H29N2OP. The van der Waals surface area contributed by atoms with Gasteiger partial charge in [-0.05, 0) is 69.8 Å². The molecule has 4 heteroatoms. The average Bonchev–Trinajstić information content (AvgIpc) is 3.65. The second-order valence-electron chi connectivity index (χ2n) is 12.7. The van der Waals surface area contributed by atoms with E-state index in [1.54, 1.807) is 0 Å². The second kappa shape index (κ2) is 10.8. The highest BCUT2D eigenvalue weighted by Gasteiger charge is 2.42. The number of aromatic nitrogens is 2. The van der Waals surface area contributed by atoms with E-state index in [4.69, 9.17) is 0 Å². The van der Waals surface area contributed by atoms with Crippen LogP contribution >= 0.6 is 7.14 Å². The first kappa shape index (κ1) is 28.0. The van der Waals surface area contributed by atoms with Crippen molar-refractivity contribution in [3.63, 3.8) is 0 Å². The monoisotopic (exact) mass is 644 g/mol. The molecule has 0 fully saturated rings. The fraction of sp³-hybridized carbons (Fsp3) is 0. The molecule has 9 aromatic rings. The molecule has 49 heavy (non-hydrogen) atoms. The van der Waals surface area contributed by atoms with Crippen LogP contribution in [0.4, 0.5) is 0 Å². The van der Waals surface area contributed by atoms with Crippen LogP contribution in [0.25, 0.3) is 71.8 Å². The minimum Gasteiger partial charge on any atom is -0.309 e. The lowest BCUT2D eigenvalue weighted by atomic mass is 9.99. The quantitative estimate of drug-likeness (QED) is 0.179. The molecule has 0 radical (unpaired) electrons. The van der Waals surface area contributed by atoms with Crippen LogP contribution in [-0.2, 0) is 4.57 Å². The normalized spacial score (nSPS) is 15.1. The van der Waals surface area contributed by atoms with Crippen molar-refractivity contribution in [2.24, 2.45) is 0 Å². The number of hydrogen-bond donors (Lipinski definition) is 0. The minimum absolute atomic E-state index is 0.873. The molecule has 1 aliphatic rings. The maximum Gasteiger partial charge on any atom is 0.172 e. The number of fused-ring (bicyclic) bond motifs is 8. The molecule has 0 spiro atoms. The zero-order valence-electron chi connectivity index (χ0n) is 26.5. The SMILES string of the molecule is O=P1(c2ccccc2)c2ccccc2-c2ccc3c(c21)c1ccccc1n3-c1ccc(-c2ccc(-c3ccc4cccnc4c3)cc2)cc1. The first-order chi connectivity index (χ1) is 24.2. The van der Waals surface area contributed by atoms with Crippen molar-refractivity contribution in [3.05, 3.63) is 176 Å². The average molecular weight is 645 g/mol. The summed E-state index contributed by atoms with van der Waals surface area (Å²) in [5.41, 5.74) is 11.0. The van der Waals surface area contributed by atoms with E-state index in [1.807, 2.05) is 54.7 Å². The summed E-state index contributed by atoms with van der Waals surface area (Å²) in [6, 6.07) is 59.2. The highest BCUT2D eigenvalue weighted by Crippen LogP contribution is 2.55. The van der Waals surface area contributed by atoms with E-state index < -0.39 is 7.14 Å². The van der Waals surface area contributed by atoms with Gasteiger partial charge in [0.25, 0.3) is 0 Å². The molecule has 0 aliphatic carbocycles. The predicted molar refractivity (Wildman–Crippen MR) is 205 cm³/mol. The smallest absolute Gasteiger partial charge is 0.172 e. The van der Waals surface area contributed by atoms with E-state index in [2.05, 4.69) is 131 Å². The summed E-state index contributed by atoms with van der Waals surface area (Å²) in [7, 11) is -3.13. The lowest BCUT2D eigenvalue weighted by molar-refractivity contribution is 0.593. The summed E-state index contributed by atoms with van der Waals surface area (Å²) in [5.74, 6) is 0. The third kappa shape index (κ3) is 4.16. The number of nitrogens with zero attached hydrogens (tertiary/aromatic N) is 2. The Morgan fingerprint density at radius 3 is 2.00 bits per heavy atom. The van der Waals surface area contributed by atoms with Crippen LogP contribution in [0.5, 0.6) is 0 Å². The summed E-state index contributed by atoms with van der Waals surface area (Å²) in [4.78, 5) is 4.53. The molecule has 7 aromatic carbocycles. The molecule has 0 saturated heterocycles. The van der Waals surface area contributed by atoms with Crippen molar-refractivity contribution in [1.82, 2.24) is 9.55 Å². The van der Waals surface area contributed by atoms with E-state index in [-0.39, 0.29) is 0 Å². The van der Waals surface area contributed by atoms with Crippen LogP contribution in [0, 0.1) is 0 Å². The molecule has 0 N–H and O–H groups in total. The minimum atomic E-state index is -3.13. The molecule has 230 valence electrons. The van der Waals surface area contributed by atoms with Crippen molar-refractivity contribution < 1.29 is 4.57 Å². The van der Waals surface area contributed by atoms with Gasteiger partial charge in [0.05, 0.1) is 16.6 Å². The number of benzene rings is 7. The van der Waals surface area contributed by atoms with Crippen LogP contribution in [-0.4, -0.2) is 9.55 Å². The number of pyridine rings is 1. The Morgan fingerprint density at radius 2 is 1.18 bits per heavy atom. The van der Waals surface area contributed by atoms with E-state index >= 15 is 4.57 Å². The largest absolute Gasteiger partial charge is 0.309 e. The van der Waals surface area contributed by atoms with Crippen molar-refractivity contribution in [3.8, 4) is 39.1 Å². The van der Waals surface area contributed by atoms with Gasteiger partial charge >= 0.3 is 0 Å². The van der Waals surface area contributed by atoms with Gasteiger partial charge in [0, 0.05) is 44.0 Å². The van der Waals surface area contributed by atoms with E-state index in [9.17, 15) is 0 Å². The highest BCUT2D eigenvalue weighted by molar-refractivity contribution is 7.86. The summed E-state index contributed by atoms with van der Waals surface area (Å²) in [6.45, 7) is 0. The summed E-state index contributed by atoms with van der Waals surface area (Å²) in [6.07, 6.45) is 1.84. The van der Waals surface area contributed by atoms with Crippen molar-refractivity contribution >= 4 is 55.8 Å². The summed E-state index contributed by atoms with van der Waals surface area (Å²) >= 11 is 0. The van der Waals surface area contributed by atoms with Gasteiger partial charge in [-0.25, -0.2) is 0 Å². The van der Waals surface area contributed by atoms with Gasteiger partial charge in [0.1, 0.15) is 0 Å². The number of rotatable bonds is 4. The fourth-order valence-corrected chi connectivity index (χ4v) is 11.1. The molecule has 1 atom stereocenters. The van der Waals surface area contributed by atoms with Gasteiger partial charge in [0.15, 0.2) is 7.14 Å². The van der Waals surface area contributed by atoms with E-state index in [0.29, 0.717) is 0 Å². The Labute approximate surface area is 284 Å². The fourth-order valence-electron chi connectivity index (χ4n) is 7.77. The predicted octanol–water partition coefficient (Wildman–Crippen LogP) is 10.3.